The lowest BCUT2D eigenvalue weighted by molar-refractivity contribution is -0.384. The van der Waals surface area contributed by atoms with E-state index in [2.05, 4.69) is 0 Å². The van der Waals surface area contributed by atoms with E-state index >= 15 is 0 Å². The fourth-order valence-electron chi connectivity index (χ4n) is 2.95. The van der Waals surface area contributed by atoms with Gasteiger partial charge >= 0.3 is 0 Å². The fraction of sp³-hybridized carbons (Fsp3) is 0.0455. The highest BCUT2D eigenvalue weighted by Crippen LogP contribution is 2.34. The van der Waals surface area contributed by atoms with Crippen LogP contribution in [0.15, 0.2) is 72.5 Å². The van der Waals surface area contributed by atoms with Crippen molar-refractivity contribution in [3.05, 3.63) is 99.3 Å². The van der Waals surface area contributed by atoms with Gasteiger partial charge in [0, 0.05) is 18.2 Å². The maximum Gasteiger partial charge on any atom is 0.269 e. The summed E-state index contributed by atoms with van der Waals surface area (Å²) >= 11 is 0. The predicted molar refractivity (Wildman–Crippen MR) is 105 cm³/mol. The summed E-state index contributed by atoms with van der Waals surface area (Å²) in [6, 6.07) is 17.6. The molecule has 0 unspecified atom stereocenters. The van der Waals surface area contributed by atoms with Gasteiger partial charge in [0.25, 0.3) is 5.69 Å². The molecule has 0 saturated carbocycles. The fourth-order valence-corrected chi connectivity index (χ4v) is 2.95. The van der Waals surface area contributed by atoms with Crippen LogP contribution in [0.4, 0.5) is 5.69 Å². The number of hydrogen-bond donors (Lipinski definition) is 1. The normalized spacial score (nSPS) is 13.8. The molecule has 0 amide bonds. The van der Waals surface area contributed by atoms with Gasteiger partial charge in [0.05, 0.1) is 10.5 Å². The number of carbonyl (C=O) groups excluding carboxylic acids is 1. The molecule has 1 aliphatic rings. The number of ketones is 1. The molecule has 0 aliphatic carbocycles. The Morgan fingerprint density at radius 1 is 1.07 bits per heavy atom. The Morgan fingerprint density at radius 3 is 2.72 bits per heavy atom. The molecule has 3 aromatic rings. The summed E-state index contributed by atoms with van der Waals surface area (Å²) in [4.78, 5) is 22.9. The van der Waals surface area contributed by atoms with Crippen LogP contribution in [0.1, 0.15) is 21.5 Å². The molecular formula is C22H15NO6. The molecule has 4 rings (SSSR count). The number of nitro groups is 1. The van der Waals surface area contributed by atoms with Gasteiger partial charge in [0.2, 0.25) is 5.78 Å². The van der Waals surface area contributed by atoms with Crippen molar-refractivity contribution >= 4 is 17.5 Å². The summed E-state index contributed by atoms with van der Waals surface area (Å²) in [5, 5.41) is 20.4. The van der Waals surface area contributed by atoms with Crippen molar-refractivity contribution in [3.63, 3.8) is 0 Å². The molecule has 1 heterocycles. The summed E-state index contributed by atoms with van der Waals surface area (Å²) in [5.41, 5.74) is 1.77. The Balaban J connectivity index is 1.50. The minimum atomic E-state index is -0.452. The number of carbonyl (C=O) groups is 1. The highest BCUT2D eigenvalue weighted by Gasteiger charge is 2.27. The van der Waals surface area contributed by atoms with Gasteiger partial charge in [-0.3, -0.25) is 14.9 Å². The molecule has 1 N–H and O–H groups in total. The Hall–Kier alpha value is -4.13. The van der Waals surface area contributed by atoms with E-state index in [0.29, 0.717) is 28.2 Å². The molecule has 0 atom stereocenters. The van der Waals surface area contributed by atoms with Gasteiger partial charge in [-0.05, 0) is 41.5 Å². The molecule has 0 aromatic heterocycles. The average Bonchev–Trinajstić information content (AvgIpc) is 3.01. The molecular weight excluding hydrogens is 374 g/mol. The largest absolute Gasteiger partial charge is 0.508 e. The lowest BCUT2D eigenvalue weighted by atomic mass is 10.1. The lowest BCUT2D eigenvalue weighted by Crippen LogP contribution is -1.99. The first kappa shape index (κ1) is 18.2. The number of ether oxygens (including phenoxy) is 2. The van der Waals surface area contributed by atoms with Crippen LogP contribution in [-0.2, 0) is 6.61 Å². The Labute approximate surface area is 165 Å². The standard InChI is InChI=1S/C22H15NO6/c24-17-7-8-19-20(12-17)29-21(22(19)25)11-14-3-2-6-18(10-14)28-13-15-4-1-5-16(9-15)23(26)27/h1-12,24H,13H2/b21-11-. The van der Waals surface area contributed by atoms with Crippen molar-refractivity contribution in [2.45, 2.75) is 6.61 Å². The quantitative estimate of drug-likeness (QED) is 0.392. The molecule has 0 bridgehead atoms. The zero-order chi connectivity index (χ0) is 20.4. The number of aromatic hydroxyl groups is 1. The van der Waals surface area contributed by atoms with Crippen molar-refractivity contribution in [2.75, 3.05) is 0 Å². The van der Waals surface area contributed by atoms with Crippen molar-refractivity contribution < 1.29 is 24.3 Å². The second kappa shape index (κ2) is 7.47. The molecule has 29 heavy (non-hydrogen) atoms. The van der Waals surface area contributed by atoms with Crippen LogP contribution in [0.5, 0.6) is 17.2 Å². The first-order valence-corrected chi connectivity index (χ1v) is 8.73. The predicted octanol–water partition coefficient (Wildman–Crippen LogP) is 4.50. The van der Waals surface area contributed by atoms with Crippen LogP contribution >= 0.6 is 0 Å². The minimum absolute atomic E-state index is 0.00656. The van der Waals surface area contributed by atoms with Gasteiger partial charge < -0.3 is 14.6 Å². The molecule has 0 fully saturated rings. The van der Waals surface area contributed by atoms with E-state index in [1.165, 1.54) is 30.3 Å². The molecule has 3 aromatic carbocycles. The number of allylic oxidation sites excluding steroid dienone is 1. The Kier molecular flexibility index (Phi) is 4.70. The Bertz CT molecular complexity index is 1150. The Morgan fingerprint density at radius 2 is 1.90 bits per heavy atom. The van der Waals surface area contributed by atoms with E-state index in [4.69, 9.17) is 9.47 Å². The van der Waals surface area contributed by atoms with Crippen molar-refractivity contribution in [3.8, 4) is 17.2 Å². The third kappa shape index (κ3) is 3.93. The number of fused-ring (bicyclic) bond motifs is 1. The summed E-state index contributed by atoms with van der Waals surface area (Å²) in [7, 11) is 0. The van der Waals surface area contributed by atoms with Gasteiger partial charge in [-0.2, -0.15) is 0 Å². The third-order valence-corrected chi connectivity index (χ3v) is 4.34. The first-order valence-electron chi connectivity index (χ1n) is 8.73. The van der Waals surface area contributed by atoms with Crippen molar-refractivity contribution in [1.82, 2.24) is 0 Å². The number of non-ortho nitro benzene ring substituents is 1. The van der Waals surface area contributed by atoms with E-state index in [1.54, 1.807) is 42.5 Å². The number of phenolic OH excluding ortho intramolecular Hbond substituents is 1. The van der Waals surface area contributed by atoms with Crippen LogP contribution < -0.4 is 9.47 Å². The van der Waals surface area contributed by atoms with Crippen molar-refractivity contribution in [2.24, 2.45) is 0 Å². The van der Waals surface area contributed by atoms with Gasteiger partial charge in [-0.15, -0.1) is 0 Å². The number of rotatable bonds is 5. The van der Waals surface area contributed by atoms with Crippen molar-refractivity contribution in [1.29, 1.82) is 0 Å². The van der Waals surface area contributed by atoms with Crippen LogP contribution in [-0.4, -0.2) is 15.8 Å². The summed E-state index contributed by atoms with van der Waals surface area (Å²) in [6.45, 7) is 0.169. The van der Waals surface area contributed by atoms with Crippen LogP contribution in [0.2, 0.25) is 0 Å². The van der Waals surface area contributed by atoms with Gasteiger partial charge in [-0.25, -0.2) is 0 Å². The van der Waals surface area contributed by atoms with Gasteiger partial charge in [0.1, 0.15) is 23.9 Å². The monoisotopic (exact) mass is 389 g/mol. The summed E-state index contributed by atoms with van der Waals surface area (Å²) < 4.78 is 11.3. The smallest absolute Gasteiger partial charge is 0.269 e. The second-order valence-corrected chi connectivity index (χ2v) is 6.41. The van der Waals surface area contributed by atoms with E-state index < -0.39 is 4.92 Å². The average molecular weight is 389 g/mol. The molecule has 144 valence electrons. The number of phenols is 1. The van der Waals surface area contributed by atoms with E-state index in [-0.39, 0.29) is 29.6 Å². The summed E-state index contributed by atoms with van der Waals surface area (Å²) in [5.74, 6) is 0.782. The van der Waals surface area contributed by atoms with Crippen LogP contribution in [0, 0.1) is 10.1 Å². The maximum atomic E-state index is 12.4. The van der Waals surface area contributed by atoms with Gasteiger partial charge in [0.15, 0.2) is 5.76 Å². The van der Waals surface area contributed by atoms with E-state index in [1.807, 2.05) is 0 Å². The van der Waals surface area contributed by atoms with E-state index in [0.717, 1.165) is 0 Å². The molecule has 0 radical (unpaired) electrons. The first-order chi connectivity index (χ1) is 14.0. The highest BCUT2D eigenvalue weighted by atomic mass is 16.6. The molecule has 0 spiro atoms. The number of nitro benzene ring substituents is 1. The number of Topliss-reactive ketones (excluding diaryl/α,β-unsaturated/α-hetero) is 1. The molecule has 1 aliphatic heterocycles. The zero-order valence-electron chi connectivity index (χ0n) is 15.1. The van der Waals surface area contributed by atoms with E-state index in [9.17, 15) is 20.0 Å². The molecule has 0 saturated heterocycles. The number of hydrogen-bond acceptors (Lipinski definition) is 6. The SMILES string of the molecule is O=C1/C(=C/c2cccc(OCc3cccc([N+](=O)[O-])c3)c2)Oc2cc(O)ccc21. The minimum Gasteiger partial charge on any atom is -0.508 e. The molecule has 7 nitrogen and oxygen atoms in total. The number of nitrogens with zero attached hydrogens (tertiary/aromatic N) is 1. The van der Waals surface area contributed by atoms with Crippen LogP contribution in [0.25, 0.3) is 6.08 Å². The van der Waals surface area contributed by atoms with Crippen LogP contribution in [0.3, 0.4) is 0 Å². The maximum absolute atomic E-state index is 12.4. The second-order valence-electron chi connectivity index (χ2n) is 6.41. The third-order valence-electron chi connectivity index (χ3n) is 4.34. The van der Waals surface area contributed by atoms with Gasteiger partial charge in [-0.1, -0.05) is 24.3 Å². The number of benzene rings is 3. The lowest BCUT2D eigenvalue weighted by Gasteiger charge is -2.07. The zero-order valence-corrected chi connectivity index (χ0v) is 15.1. The summed E-state index contributed by atoms with van der Waals surface area (Å²) in [6.07, 6.45) is 1.60. The topological polar surface area (TPSA) is 98.9 Å². The molecule has 7 heteroatoms. The highest BCUT2D eigenvalue weighted by molar-refractivity contribution is 6.14.